The van der Waals surface area contributed by atoms with E-state index in [-0.39, 0.29) is 36.2 Å². The molecule has 2 saturated heterocycles. The van der Waals surface area contributed by atoms with Crippen molar-refractivity contribution in [1.29, 1.82) is 0 Å². The van der Waals surface area contributed by atoms with Gasteiger partial charge < -0.3 is 30.6 Å². The van der Waals surface area contributed by atoms with E-state index in [0.717, 1.165) is 73.3 Å². The fourth-order valence-corrected chi connectivity index (χ4v) is 9.48. The van der Waals surface area contributed by atoms with Crippen LogP contribution in [0, 0.1) is 17.8 Å². The Hall–Kier alpha value is -5.24. The number of hydrogen-bond donors (Lipinski definition) is 3. The maximum absolute atomic E-state index is 16.0. The molecule has 0 bridgehead atoms. The lowest BCUT2D eigenvalue weighted by Gasteiger charge is -2.32. The number of alkyl carbamates (subject to hydrolysis) is 1. The summed E-state index contributed by atoms with van der Waals surface area (Å²) < 4.78 is 20.8. The van der Waals surface area contributed by atoms with Gasteiger partial charge in [-0.1, -0.05) is 56.3 Å². The van der Waals surface area contributed by atoms with E-state index in [1.807, 2.05) is 61.5 Å². The highest BCUT2D eigenvalue weighted by Crippen LogP contribution is 2.41. The van der Waals surface area contributed by atoms with E-state index in [9.17, 15) is 14.4 Å². The number of amides is 3. The number of benzene rings is 1. The summed E-state index contributed by atoms with van der Waals surface area (Å²) in [5, 5.41) is 2.68. The topological polar surface area (TPSA) is 171 Å². The van der Waals surface area contributed by atoms with Gasteiger partial charge in [0.15, 0.2) is 6.17 Å². The van der Waals surface area contributed by atoms with E-state index >= 15 is 4.39 Å². The van der Waals surface area contributed by atoms with Crippen molar-refractivity contribution in [2.75, 3.05) is 20.2 Å². The number of hydrogen-bond acceptors (Lipinski definition) is 9. The normalized spacial score (nSPS) is 27.9. The van der Waals surface area contributed by atoms with Crippen LogP contribution in [0.15, 0.2) is 81.0 Å². The number of halogens is 1. The van der Waals surface area contributed by atoms with Crippen molar-refractivity contribution in [1.82, 2.24) is 25.1 Å². The number of nitrogens with two attached hydrogens (primary N) is 1. The Kier molecular flexibility index (Phi) is 11.6. The van der Waals surface area contributed by atoms with Gasteiger partial charge >= 0.3 is 6.09 Å². The number of alkyl halides is 1. The summed E-state index contributed by atoms with van der Waals surface area (Å²) in [6.07, 6.45) is 14.3. The van der Waals surface area contributed by atoms with Crippen molar-refractivity contribution in [3.8, 4) is 0 Å². The van der Waals surface area contributed by atoms with Crippen LogP contribution in [0.1, 0.15) is 101 Å². The number of aliphatic imine (C=N–C) groups is 3. The molecule has 0 spiro atoms. The molecule has 14 heteroatoms. The zero-order valence-electron chi connectivity index (χ0n) is 33.5. The van der Waals surface area contributed by atoms with Gasteiger partial charge in [0, 0.05) is 43.6 Å². The molecule has 0 radical (unpaired) electrons. The zero-order chi connectivity index (χ0) is 40.5. The molecule has 8 rings (SSSR count). The third kappa shape index (κ3) is 7.95. The number of aromatic nitrogens is 2. The van der Waals surface area contributed by atoms with Crippen molar-refractivity contribution < 1.29 is 23.5 Å². The van der Waals surface area contributed by atoms with E-state index < -0.39 is 36.4 Å². The van der Waals surface area contributed by atoms with E-state index in [0.29, 0.717) is 31.1 Å². The Morgan fingerprint density at radius 3 is 2.59 bits per heavy atom. The van der Waals surface area contributed by atoms with Crippen LogP contribution in [0.4, 0.5) is 9.18 Å². The Balaban J connectivity index is 0.901. The number of rotatable bonds is 10. The number of ether oxygens (including phenoxy) is 1. The van der Waals surface area contributed by atoms with E-state index in [1.165, 1.54) is 18.3 Å². The van der Waals surface area contributed by atoms with Crippen LogP contribution in [-0.2, 0) is 14.3 Å². The highest BCUT2D eigenvalue weighted by Gasteiger charge is 2.42. The number of allylic oxidation sites excluding steroid dienone is 5. The first kappa shape index (κ1) is 39.6. The van der Waals surface area contributed by atoms with Crippen LogP contribution in [0.3, 0.4) is 0 Å². The largest absolute Gasteiger partial charge is 0.453 e. The van der Waals surface area contributed by atoms with Gasteiger partial charge in [0.25, 0.3) is 0 Å². The number of nitrogens with one attached hydrogen (secondary N) is 2. The third-order valence-electron chi connectivity index (χ3n) is 12.8. The number of H-pyrrole nitrogens is 1. The number of carbonyl (C=O) groups excluding carboxylic acids is 3. The van der Waals surface area contributed by atoms with Gasteiger partial charge in [0.05, 0.1) is 36.8 Å². The average Bonchev–Trinajstić information content (AvgIpc) is 4.09. The maximum Gasteiger partial charge on any atom is 0.407 e. The number of fused-ring (bicyclic) bond motifs is 1. The van der Waals surface area contributed by atoms with Crippen molar-refractivity contribution in [2.45, 2.75) is 108 Å². The van der Waals surface area contributed by atoms with Crippen LogP contribution in [0.25, 0.3) is 5.57 Å². The van der Waals surface area contributed by atoms with E-state index in [1.54, 1.807) is 11.1 Å². The van der Waals surface area contributed by atoms with Crippen LogP contribution in [-0.4, -0.2) is 99.9 Å². The second kappa shape index (κ2) is 16.9. The molecule has 1 aromatic carbocycles. The lowest BCUT2D eigenvalue weighted by atomic mass is 9.77. The molecular weight excluding hydrogens is 738 g/mol. The molecule has 3 amide bonds. The van der Waals surface area contributed by atoms with Gasteiger partial charge in [-0.05, 0) is 85.5 Å². The minimum absolute atomic E-state index is 0.0845. The SMILES string of the molecule is COC(=O)NC(C(=O)N1CCCC1C1N=CC(C2CC=C(C3=NC=C4C=C(c5cnc(C6CCCN6C(=O)C(N)c6ccccc6)[nH]5)CCC4C3)CC2F)=N1)C(C)C. The first-order valence-electron chi connectivity index (χ1n) is 20.8. The highest BCUT2D eigenvalue weighted by molar-refractivity contribution is 6.33. The van der Waals surface area contributed by atoms with Gasteiger partial charge in [0.2, 0.25) is 11.8 Å². The molecule has 58 heavy (non-hydrogen) atoms. The number of carbonyl (C=O) groups is 3. The van der Waals surface area contributed by atoms with Crippen molar-refractivity contribution in [3.63, 3.8) is 0 Å². The molecule has 2 aromatic rings. The Morgan fingerprint density at radius 2 is 1.81 bits per heavy atom. The van der Waals surface area contributed by atoms with Crippen LogP contribution in [0.5, 0.6) is 0 Å². The lowest BCUT2D eigenvalue weighted by molar-refractivity contribution is -0.135. The van der Waals surface area contributed by atoms with E-state index in [4.69, 9.17) is 25.4 Å². The average molecular weight is 792 g/mol. The van der Waals surface area contributed by atoms with Gasteiger partial charge in [-0.15, -0.1) is 0 Å². The predicted molar refractivity (Wildman–Crippen MR) is 221 cm³/mol. The molecular formula is C44H54FN9O4. The summed E-state index contributed by atoms with van der Waals surface area (Å²) in [5.41, 5.74) is 13.1. The predicted octanol–water partition coefficient (Wildman–Crippen LogP) is 6.19. The molecule has 1 aromatic heterocycles. The molecule has 6 aliphatic rings. The first-order chi connectivity index (χ1) is 28.1. The minimum Gasteiger partial charge on any atom is -0.453 e. The number of nitrogens with zero attached hydrogens (tertiary/aromatic N) is 6. The summed E-state index contributed by atoms with van der Waals surface area (Å²) in [6, 6.07) is 7.68. The molecule has 8 atom stereocenters. The van der Waals surface area contributed by atoms with Gasteiger partial charge in [-0.2, -0.15) is 0 Å². The van der Waals surface area contributed by atoms with Crippen LogP contribution >= 0.6 is 0 Å². The molecule has 0 saturated carbocycles. The highest BCUT2D eigenvalue weighted by atomic mass is 19.1. The van der Waals surface area contributed by atoms with Crippen molar-refractivity contribution in [3.05, 3.63) is 83.1 Å². The second-order valence-electron chi connectivity index (χ2n) is 16.7. The van der Waals surface area contributed by atoms with Gasteiger partial charge in [-0.3, -0.25) is 24.6 Å². The fraction of sp³-hybridized carbons (Fsp3) is 0.523. The second-order valence-corrected chi connectivity index (χ2v) is 16.7. The summed E-state index contributed by atoms with van der Waals surface area (Å²) in [4.78, 5) is 65.3. The van der Waals surface area contributed by atoms with Crippen LogP contribution < -0.4 is 11.1 Å². The maximum atomic E-state index is 16.0. The first-order valence-corrected chi connectivity index (χ1v) is 20.8. The summed E-state index contributed by atoms with van der Waals surface area (Å²) >= 11 is 0. The molecule has 5 heterocycles. The number of methoxy groups -OCH3 is 1. The third-order valence-corrected chi connectivity index (χ3v) is 12.8. The quantitative estimate of drug-likeness (QED) is 0.259. The Labute approximate surface area is 338 Å². The van der Waals surface area contributed by atoms with Gasteiger partial charge in [0.1, 0.15) is 24.1 Å². The monoisotopic (exact) mass is 791 g/mol. The van der Waals surface area contributed by atoms with Crippen molar-refractivity contribution in [2.24, 2.45) is 38.5 Å². The fourth-order valence-electron chi connectivity index (χ4n) is 9.48. The molecule has 4 N–H and O–H groups in total. The smallest absolute Gasteiger partial charge is 0.407 e. The summed E-state index contributed by atoms with van der Waals surface area (Å²) in [7, 11) is 1.28. The standard InChI is InChI=1S/C44H54FN9O4/c1-25(2)39(52-44(57)58-3)43(56)54-18-8-12-37(54)41-49-24-35(51-41)31-16-15-29(20-32(31)45)33-21-27-13-14-28(19-30(27)22-47-33)34-23-48-40(50-34)36-11-7-17-53(36)42(55)38(46)26-9-5-4-6-10-26/h4-6,9-10,15,19,22-25,27,31-32,36-39,41H,7-8,11-14,16-18,20-21,46H2,1-3H3,(H,48,50)(H,52,57). The lowest BCUT2D eigenvalue weighted by Crippen LogP contribution is -2.54. The molecule has 8 unspecified atom stereocenters. The zero-order valence-corrected chi connectivity index (χ0v) is 33.5. The number of likely N-dealkylation sites (tertiary alicyclic amines) is 2. The number of aromatic amines is 1. The Bertz CT molecular complexity index is 2090. The van der Waals surface area contributed by atoms with E-state index in [2.05, 4.69) is 27.4 Å². The number of imidazole rings is 1. The van der Waals surface area contributed by atoms with Crippen molar-refractivity contribution >= 4 is 41.1 Å². The Morgan fingerprint density at radius 1 is 1.02 bits per heavy atom. The molecule has 4 aliphatic heterocycles. The summed E-state index contributed by atoms with van der Waals surface area (Å²) in [6.45, 7) is 4.98. The van der Waals surface area contributed by atoms with Crippen LogP contribution in [0.2, 0.25) is 0 Å². The molecule has 2 fully saturated rings. The minimum atomic E-state index is -1.12. The summed E-state index contributed by atoms with van der Waals surface area (Å²) in [5.74, 6) is 0.298. The molecule has 306 valence electrons. The molecule has 2 aliphatic carbocycles. The van der Waals surface area contributed by atoms with Gasteiger partial charge in [-0.25, -0.2) is 14.2 Å². The molecule has 13 nitrogen and oxygen atoms in total.